The topological polar surface area (TPSA) is 130 Å². The van der Waals surface area contributed by atoms with Crippen LogP contribution in [0.15, 0.2) is 24.3 Å². The minimum Gasteiger partial charge on any atom is -0.375 e. The van der Waals surface area contributed by atoms with Gasteiger partial charge in [0.15, 0.2) is 0 Å². The molecule has 1 aromatic carbocycles. The normalized spacial score (nSPS) is 25.2. The van der Waals surface area contributed by atoms with Crippen LogP contribution in [0.5, 0.6) is 0 Å². The van der Waals surface area contributed by atoms with Crippen molar-refractivity contribution in [3.63, 3.8) is 0 Å². The summed E-state index contributed by atoms with van der Waals surface area (Å²) in [5.74, 6) is 0.00987. The molecule has 1 aromatic rings. The number of hydrogen-bond donors (Lipinski definition) is 4. The monoisotopic (exact) mass is 442 g/mol. The molecule has 1 saturated carbocycles. The fourth-order valence-corrected chi connectivity index (χ4v) is 4.94. The zero-order valence-corrected chi connectivity index (χ0v) is 19.1. The predicted molar refractivity (Wildman–Crippen MR) is 124 cm³/mol. The number of nitrogens with one attached hydrogen (secondary N) is 2. The molecular formula is C24H36N5O3+. The molecule has 2 unspecified atom stereocenters. The molecule has 0 bridgehead atoms. The summed E-state index contributed by atoms with van der Waals surface area (Å²) < 4.78 is 0. The van der Waals surface area contributed by atoms with Gasteiger partial charge >= 0.3 is 5.91 Å². The molecule has 0 spiro atoms. The lowest BCUT2D eigenvalue weighted by molar-refractivity contribution is -0.137. The van der Waals surface area contributed by atoms with Gasteiger partial charge in [-0.3, -0.25) is 14.4 Å². The summed E-state index contributed by atoms with van der Waals surface area (Å²) in [6, 6.07) is 6.70. The molecule has 0 radical (unpaired) electrons. The van der Waals surface area contributed by atoms with E-state index in [-0.39, 0.29) is 36.0 Å². The van der Waals surface area contributed by atoms with Crippen molar-refractivity contribution in [2.24, 2.45) is 17.6 Å². The number of para-hydroxylation sites is 1. The molecule has 1 aliphatic carbocycles. The zero-order chi connectivity index (χ0) is 23.3. The minimum absolute atomic E-state index is 0.000886. The molecule has 32 heavy (non-hydrogen) atoms. The Bertz CT molecular complexity index is 871. The Morgan fingerprint density at radius 2 is 1.94 bits per heavy atom. The molecule has 2 fully saturated rings. The van der Waals surface area contributed by atoms with Gasteiger partial charge in [0.2, 0.25) is 11.8 Å². The van der Waals surface area contributed by atoms with Gasteiger partial charge in [-0.1, -0.05) is 45.2 Å². The molecule has 4 atom stereocenters. The number of nitrogens with two attached hydrogens (primary N) is 2. The summed E-state index contributed by atoms with van der Waals surface area (Å²) in [5.41, 5.74) is 6.25. The van der Waals surface area contributed by atoms with Gasteiger partial charge in [0, 0.05) is 18.3 Å². The van der Waals surface area contributed by atoms with Crippen molar-refractivity contribution in [2.45, 2.75) is 64.5 Å². The summed E-state index contributed by atoms with van der Waals surface area (Å²) in [5, 5.41) is 12.1. The Morgan fingerprint density at radius 1 is 1.19 bits per heavy atom. The van der Waals surface area contributed by atoms with Gasteiger partial charge in [0.05, 0.1) is 12.1 Å². The van der Waals surface area contributed by atoms with Crippen molar-refractivity contribution in [3.05, 3.63) is 29.8 Å². The van der Waals surface area contributed by atoms with Crippen LogP contribution in [-0.4, -0.2) is 53.5 Å². The van der Waals surface area contributed by atoms with Crippen molar-refractivity contribution in [3.8, 4) is 0 Å². The van der Waals surface area contributed by atoms with Crippen molar-refractivity contribution in [2.75, 3.05) is 18.4 Å². The summed E-state index contributed by atoms with van der Waals surface area (Å²) in [7, 11) is 0. The molecule has 6 N–H and O–H groups in total. The van der Waals surface area contributed by atoms with E-state index in [1.165, 1.54) is 6.42 Å². The maximum absolute atomic E-state index is 13.1. The highest BCUT2D eigenvalue weighted by Crippen LogP contribution is 2.28. The maximum atomic E-state index is 13.1. The third-order valence-electron chi connectivity index (χ3n) is 6.75. The summed E-state index contributed by atoms with van der Waals surface area (Å²) in [6.07, 6.45) is 6.21. The third kappa shape index (κ3) is 5.66. The van der Waals surface area contributed by atoms with Gasteiger partial charge in [-0.25, -0.2) is 5.41 Å². The number of primary amides is 1. The smallest absolute Gasteiger partial charge is 0.313 e. The number of benzene rings is 1. The molecular weight excluding hydrogens is 406 g/mol. The molecule has 174 valence electrons. The molecule has 3 amide bonds. The molecule has 0 aromatic heterocycles. The average Bonchev–Trinajstić information content (AvgIpc) is 3.19. The summed E-state index contributed by atoms with van der Waals surface area (Å²) in [4.78, 5) is 39.2. The highest BCUT2D eigenvalue weighted by molar-refractivity contribution is 6.43. The number of rotatable bonds is 8. The van der Waals surface area contributed by atoms with Crippen molar-refractivity contribution >= 4 is 29.1 Å². The van der Waals surface area contributed by atoms with Crippen LogP contribution in [-0.2, 0) is 14.4 Å². The Labute approximate surface area is 189 Å². The molecule has 1 heterocycles. The molecule has 3 rings (SSSR count). The molecule has 8 nitrogen and oxygen atoms in total. The molecule has 2 aliphatic rings. The van der Waals surface area contributed by atoms with E-state index in [1.54, 1.807) is 29.2 Å². The number of likely N-dealkylation sites (tertiary alicyclic amines) is 1. The highest BCUT2D eigenvalue weighted by Gasteiger charge is 2.38. The van der Waals surface area contributed by atoms with Crippen LogP contribution < -0.4 is 21.8 Å². The Kier molecular flexibility index (Phi) is 7.88. The fraction of sp³-hybridized carbons (Fsp3) is 0.583. The fourth-order valence-electron chi connectivity index (χ4n) is 4.94. The standard InChI is InChI=1S/C24H35N5O3/c1-3-16-7-6-8-17(12-16)28-24(32)20-11-15(2)14-29(20)21(30)13-27-19-10-5-4-9-18(19)22(25)23(26)31/h4-5,9-10,15-17,20,25,27H,3,6-8,11-14H2,1-2H3,(H2,26,31)(H,28,32)/p+1/t15-,16?,17?,20-/m0/s1. The van der Waals surface area contributed by atoms with Gasteiger partial charge < -0.3 is 21.3 Å². The first-order valence-corrected chi connectivity index (χ1v) is 11.7. The first kappa shape index (κ1) is 23.8. The number of nitrogens with zero attached hydrogens (tertiary/aromatic N) is 1. The maximum Gasteiger partial charge on any atom is 0.313 e. The zero-order valence-electron chi connectivity index (χ0n) is 19.1. The lowest BCUT2D eigenvalue weighted by Crippen LogP contribution is -2.51. The predicted octanol–water partition coefficient (Wildman–Crippen LogP) is 0.454. The average molecular weight is 443 g/mol. The van der Waals surface area contributed by atoms with E-state index in [2.05, 4.69) is 24.5 Å². The van der Waals surface area contributed by atoms with Crippen LogP contribution in [0.2, 0.25) is 0 Å². The van der Waals surface area contributed by atoms with Gasteiger partial charge in [0.1, 0.15) is 6.04 Å². The number of amides is 3. The van der Waals surface area contributed by atoms with E-state index < -0.39 is 11.9 Å². The minimum atomic E-state index is -0.719. The Morgan fingerprint density at radius 3 is 2.66 bits per heavy atom. The van der Waals surface area contributed by atoms with E-state index in [0.29, 0.717) is 30.1 Å². The first-order valence-electron chi connectivity index (χ1n) is 11.7. The number of anilines is 1. The second kappa shape index (κ2) is 10.6. The largest absolute Gasteiger partial charge is 0.375 e. The molecule has 8 heteroatoms. The Hall–Kier alpha value is -2.90. The lowest BCUT2D eigenvalue weighted by atomic mass is 9.84. The van der Waals surface area contributed by atoms with E-state index in [1.807, 2.05) is 0 Å². The molecule has 1 aliphatic heterocycles. The van der Waals surface area contributed by atoms with E-state index in [4.69, 9.17) is 11.1 Å². The van der Waals surface area contributed by atoms with Gasteiger partial charge in [-0.05, 0) is 43.2 Å². The van der Waals surface area contributed by atoms with Crippen LogP contribution >= 0.6 is 0 Å². The lowest BCUT2D eigenvalue weighted by Gasteiger charge is -2.31. The summed E-state index contributed by atoms with van der Waals surface area (Å²) in [6.45, 7) is 4.82. The third-order valence-corrected chi connectivity index (χ3v) is 6.75. The van der Waals surface area contributed by atoms with Crippen LogP contribution in [0.1, 0.15) is 57.9 Å². The SMILES string of the molecule is CCC1CCCC(NC(=O)[C@@H]2C[C@H](C)CN2C(=O)CNc2ccccc2C(=[NH2+])C(N)=O)C1. The Balaban J connectivity index is 1.62. The highest BCUT2D eigenvalue weighted by atomic mass is 16.2. The van der Waals surface area contributed by atoms with Gasteiger partial charge in [-0.2, -0.15) is 0 Å². The van der Waals surface area contributed by atoms with E-state index in [9.17, 15) is 14.4 Å². The van der Waals surface area contributed by atoms with E-state index >= 15 is 0 Å². The first-order chi connectivity index (χ1) is 15.3. The van der Waals surface area contributed by atoms with Crippen LogP contribution in [0, 0.1) is 11.8 Å². The second-order valence-electron chi connectivity index (χ2n) is 9.23. The van der Waals surface area contributed by atoms with Crippen LogP contribution in [0.3, 0.4) is 0 Å². The van der Waals surface area contributed by atoms with Crippen molar-refractivity contribution < 1.29 is 19.8 Å². The number of carbonyl (C=O) groups excluding carboxylic acids is 3. The number of hydrogen-bond acceptors (Lipinski definition) is 4. The van der Waals surface area contributed by atoms with Crippen LogP contribution in [0.25, 0.3) is 0 Å². The van der Waals surface area contributed by atoms with E-state index in [0.717, 1.165) is 25.7 Å². The van der Waals surface area contributed by atoms with Crippen molar-refractivity contribution in [1.82, 2.24) is 10.2 Å². The van der Waals surface area contributed by atoms with Gasteiger partial charge in [-0.15, -0.1) is 0 Å². The van der Waals surface area contributed by atoms with Gasteiger partial charge in [0.25, 0.3) is 5.71 Å². The quantitative estimate of drug-likeness (QED) is 0.436. The molecule has 1 saturated heterocycles. The van der Waals surface area contributed by atoms with Crippen molar-refractivity contribution in [1.29, 1.82) is 0 Å². The summed E-state index contributed by atoms with van der Waals surface area (Å²) >= 11 is 0. The van der Waals surface area contributed by atoms with Crippen LogP contribution in [0.4, 0.5) is 5.69 Å². The number of carbonyl (C=O) groups is 3. The second-order valence-corrected chi connectivity index (χ2v) is 9.23.